The third kappa shape index (κ3) is 3.30. The van der Waals surface area contributed by atoms with Gasteiger partial charge in [-0.05, 0) is 49.4 Å². The number of nitrogens with two attached hydrogens (primary N) is 1. The maximum absolute atomic E-state index is 12.7. The van der Waals surface area contributed by atoms with Crippen molar-refractivity contribution in [3.63, 3.8) is 0 Å². The van der Waals surface area contributed by atoms with E-state index >= 15 is 0 Å². The quantitative estimate of drug-likeness (QED) is 0.675. The number of nitrogens with one attached hydrogen (secondary N) is 1. The minimum Gasteiger partial charge on any atom is -0.372 e. The third-order valence-electron chi connectivity index (χ3n) is 4.98. The lowest BCUT2D eigenvalue weighted by Crippen LogP contribution is -2.55. The van der Waals surface area contributed by atoms with Gasteiger partial charge < -0.3 is 21.1 Å². The fourth-order valence-corrected chi connectivity index (χ4v) is 3.65. The minimum atomic E-state index is -0.988. The molecule has 0 radical (unpaired) electrons. The van der Waals surface area contributed by atoms with E-state index in [-0.39, 0.29) is 17.9 Å². The number of carbonyl (C=O) groups excluding carboxylic acids is 2. The molecule has 130 valence electrons. The van der Waals surface area contributed by atoms with Crippen molar-refractivity contribution in [3.8, 4) is 0 Å². The highest BCUT2D eigenvalue weighted by Crippen LogP contribution is 2.31. The molecule has 2 aliphatic rings. The number of hydrogen-bond acceptors (Lipinski definition) is 4. The van der Waals surface area contributed by atoms with E-state index in [0.717, 1.165) is 36.8 Å². The second-order valence-corrected chi connectivity index (χ2v) is 6.59. The first-order valence-corrected chi connectivity index (χ1v) is 8.71. The molecule has 1 aromatic rings. The van der Waals surface area contributed by atoms with Gasteiger partial charge in [-0.1, -0.05) is 18.6 Å². The second-order valence-electron chi connectivity index (χ2n) is 6.59. The summed E-state index contributed by atoms with van der Waals surface area (Å²) in [6.45, 7) is 1.23. The molecule has 2 amide bonds. The first-order valence-electron chi connectivity index (χ1n) is 8.71. The van der Waals surface area contributed by atoms with Crippen LogP contribution in [0.3, 0.4) is 0 Å². The molecule has 1 fully saturated rings. The highest BCUT2D eigenvalue weighted by atomic mass is 16.3. The highest BCUT2D eigenvalue weighted by molar-refractivity contribution is 5.99. The number of fused-ring (bicyclic) bond motifs is 1. The van der Waals surface area contributed by atoms with Crippen LogP contribution in [0, 0.1) is 0 Å². The van der Waals surface area contributed by atoms with Crippen molar-refractivity contribution in [3.05, 3.63) is 34.9 Å². The van der Waals surface area contributed by atoms with Gasteiger partial charge in [-0.3, -0.25) is 9.59 Å². The lowest BCUT2D eigenvalue weighted by molar-refractivity contribution is -0.129. The number of hydrogen-bond donors (Lipinski definition) is 3. The van der Waals surface area contributed by atoms with Crippen LogP contribution in [0.2, 0.25) is 0 Å². The fourth-order valence-electron chi connectivity index (χ4n) is 3.65. The molecule has 6 heteroatoms. The number of piperidine rings is 1. The number of rotatable bonds is 6. The summed E-state index contributed by atoms with van der Waals surface area (Å²) in [5.41, 5.74) is 8.54. The van der Waals surface area contributed by atoms with Crippen LogP contribution in [0.5, 0.6) is 0 Å². The SMILES string of the molecule is NCCCCCc1cccc2c1CN(C1CCC(=O)NC1O)C2=O. The molecule has 2 atom stereocenters. The van der Waals surface area contributed by atoms with Crippen LogP contribution in [0.15, 0.2) is 18.2 Å². The number of nitrogens with zero attached hydrogens (tertiary/aromatic N) is 1. The van der Waals surface area contributed by atoms with Crippen molar-refractivity contribution < 1.29 is 14.7 Å². The Bertz CT molecular complexity index is 632. The summed E-state index contributed by atoms with van der Waals surface area (Å²) in [5, 5.41) is 12.7. The average molecular weight is 331 g/mol. The molecule has 0 spiro atoms. The number of aliphatic hydroxyl groups excluding tert-OH is 1. The molecule has 1 saturated heterocycles. The first kappa shape index (κ1) is 16.9. The van der Waals surface area contributed by atoms with E-state index in [4.69, 9.17) is 5.73 Å². The Labute approximate surface area is 142 Å². The Morgan fingerprint density at radius 2 is 2.08 bits per heavy atom. The summed E-state index contributed by atoms with van der Waals surface area (Å²) in [6, 6.07) is 5.51. The Hall–Kier alpha value is -1.92. The summed E-state index contributed by atoms with van der Waals surface area (Å²) in [4.78, 5) is 25.8. The third-order valence-corrected chi connectivity index (χ3v) is 4.98. The second kappa shape index (κ2) is 7.32. The predicted molar refractivity (Wildman–Crippen MR) is 90.1 cm³/mol. The van der Waals surface area contributed by atoms with Crippen molar-refractivity contribution in [1.82, 2.24) is 10.2 Å². The molecule has 2 heterocycles. The molecule has 0 aromatic heterocycles. The monoisotopic (exact) mass is 331 g/mol. The van der Waals surface area contributed by atoms with Gasteiger partial charge in [0.15, 0.2) is 0 Å². The van der Waals surface area contributed by atoms with E-state index in [2.05, 4.69) is 11.4 Å². The van der Waals surface area contributed by atoms with Gasteiger partial charge in [-0.15, -0.1) is 0 Å². The number of aliphatic hydroxyl groups is 1. The Morgan fingerprint density at radius 1 is 1.25 bits per heavy atom. The molecule has 0 aliphatic carbocycles. The summed E-state index contributed by atoms with van der Waals surface area (Å²) in [6.07, 6.45) is 3.96. The molecule has 2 aliphatic heterocycles. The molecule has 6 nitrogen and oxygen atoms in total. The molecule has 0 saturated carbocycles. The number of benzene rings is 1. The summed E-state index contributed by atoms with van der Waals surface area (Å²) in [5.74, 6) is -0.211. The van der Waals surface area contributed by atoms with E-state index in [1.54, 1.807) is 4.90 Å². The normalized spacial score (nSPS) is 23.3. The lowest BCUT2D eigenvalue weighted by atomic mass is 9.98. The Morgan fingerprint density at radius 3 is 2.83 bits per heavy atom. The fraction of sp³-hybridized carbons (Fsp3) is 0.556. The van der Waals surface area contributed by atoms with Gasteiger partial charge in [-0.2, -0.15) is 0 Å². The van der Waals surface area contributed by atoms with Gasteiger partial charge in [0.05, 0.1) is 6.04 Å². The Balaban J connectivity index is 1.73. The van der Waals surface area contributed by atoms with Crippen LogP contribution in [0.4, 0.5) is 0 Å². The van der Waals surface area contributed by atoms with Crippen molar-refractivity contribution >= 4 is 11.8 Å². The van der Waals surface area contributed by atoms with Crippen LogP contribution in [0.25, 0.3) is 0 Å². The van der Waals surface area contributed by atoms with E-state index in [9.17, 15) is 14.7 Å². The largest absolute Gasteiger partial charge is 0.372 e. The Kier molecular flexibility index (Phi) is 5.16. The smallest absolute Gasteiger partial charge is 0.254 e. The molecular weight excluding hydrogens is 306 g/mol. The van der Waals surface area contributed by atoms with E-state index < -0.39 is 6.23 Å². The van der Waals surface area contributed by atoms with Crippen LogP contribution >= 0.6 is 0 Å². The van der Waals surface area contributed by atoms with E-state index in [1.165, 1.54) is 5.56 Å². The molecular formula is C18H25N3O3. The van der Waals surface area contributed by atoms with Crippen LogP contribution in [-0.2, 0) is 17.8 Å². The zero-order valence-electron chi connectivity index (χ0n) is 13.8. The number of unbranched alkanes of at least 4 members (excludes halogenated alkanes) is 2. The summed E-state index contributed by atoms with van der Waals surface area (Å²) in [7, 11) is 0. The van der Waals surface area contributed by atoms with Crippen LogP contribution in [0.1, 0.15) is 53.6 Å². The molecule has 3 rings (SSSR count). The van der Waals surface area contributed by atoms with Gasteiger partial charge in [0, 0.05) is 18.5 Å². The van der Waals surface area contributed by atoms with Gasteiger partial charge in [-0.25, -0.2) is 0 Å². The molecule has 1 aromatic carbocycles. The van der Waals surface area contributed by atoms with Crippen LogP contribution < -0.4 is 11.1 Å². The number of amides is 2. The van der Waals surface area contributed by atoms with Crippen molar-refractivity contribution in [2.24, 2.45) is 5.73 Å². The summed E-state index contributed by atoms with van der Waals surface area (Å²) >= 11 is 0. The standard InChI is InChI=1S/C18H25N3O3/c19-10-3-1-2-5-12-6-4-7-13-14(12)11-21(18(13)24)15-8-9-16(22)20-17(15)23/h4,6-7,15,17,23H,1-3,5,8-11,19H2,(H,20,22). The molecule has 0 bridgehead atoms. The predicted octanol–water partition coefficient (Wildman–Crippen LogP) is 0.911. The van der Waals surface area contributed by atoms with Crippen molar-refractivity contribution in [1.29, 1.82) is 0 Å². The number of aryl methyl sites for hydroxylation is 1. The maximum atomic E-state index is 12.7. The summed E-state index contributed by atoms with van der Waals surface area (Å²) < 4.78 is 0. The zero-order chi connectivity index (χ0) is 17.1. The first-order chi connectivity index (χ1) is 11.6. The van der Waals surface area contributed by atoms with Crippen LogP contribution in [-0.4, -0.2) is 40.6 Å². The van der Waals surface area contributed by atoms with Gasteiger partial charge in [0.1, 0.15) is 6.23 Å². The minimum absolute atomic E-state index is 0.0472. The number of carbonyl (C=O) groups is 2. The van der Waals surface area contributed by atoms with Crippen molar-refractivity contribution in [2.75, 3.05) is 6.54 Å². The molecule has 2 unspecified atom stereocenters. The topological polar surface area (TPSA) is 95.7 Å². The zero-order valence-corrected chi connectivity index (χ0v) is 13.8. The van der Waals surface area contributed by atoms with Crippen molar-refractivity contribution in [2.45, 2.75) is 57.3 Å². The van der Waals surface area contributed by atoms with Gasteiger partial charge in [0.2, 0.25) is 5.91 Å². The lowest BCUT2D eigenvalue weighted by Gasteiger charge is -2.35. The van der Waals surface area contributed by atoms with E-state index in [0.29, 0.717) is 25.9 Å². The average Bonchev–Trinajstić information content (AvgIpc) is 2.89. The molecule has 4 N–H and O–H groups in total. The van der Waals surface area contributed by atoms with Gasteiger partial charge >= 0.3 is 0 Å². The molecule has 24 heavy (non-hydrogen) atoms. The highest BCUT2D eigenvalue weighted by Gasteiger charge is 2.39. The van der Waals surface area contributed by atoms with Gasteiger partial charge in [0.25, 0.3) is 5.91 Å². The maximum Gasteiger partial charge on any atom is 0.254 e. The van der Waals surface area contributed by atoms with E-state index in [1.807, 2.05) is 12.1 Å².